The molecule has 0 aliphatic carbocycles. The van der Waals surface area contributed by atoms with Crippen LogP contribution in [0.5, 0.6) is 0 Å². The zero-order valence-corrected chi connectivity index (χ0v) is 16.4. The fourth-order valence-corrected chi connectivity index (χ4v) is 3.65. The van der Waals surface area contributed by atoms with E-state index in [1.54, 1.807) is 21.7 Å². The van der Waals surface area contributed by atoms with Gasteiger partial charge in [0.25, 0.3) is 5.91 Å². The predicted molar refractivity (Wildman–Crippen MR) is 112 cm³/mol. The molecule has 0 bridgehead atoms. The average molecular weight is 385 g/mol. The average Bonchev–Trinajstić information content (AvgIpc) is 3.19. The molecule has 3 aromatic rings. The molecule has 6 nitrogen and oxygen atoms in total. The van der Waals surface area contributed by atoms with Gasteiger partial charge in [-0.15, -0.1) is 0 Å². The Morgan fingerprint density at radius 2 is 1.90 bits per heavy atom. The Hall–Kier alpha value is -3.43. The van der Waals surface area contributed by atoms with Crippen molar-refractivity contribution in [2.45, 2.75) is 25.8 Å². The van der Waals surface area contributed by atoms with Crippen LogP contribution in [-0.2, 0) is 0 Å². The molecule has 0 radical (unpaired) electrons. The molecule has 1 amide bonds. The minimum absolute atomic E-state index is 0.0184. The van der Waals surface area contributed by atoms with Crippen LogP contribution in [0.25, 0.3) is 16.9 Å². The molecule has 1 atom stereocenters. The molecule has 6 heteroatoms. The highest BCUT2D eigenvalue weighted by atomic mass is 16.2. The molecule has 29 heavy (non-hydrogen) atoms. The van der Waals surface area contributed by atoms with Gasteiger partial charge >= 0.3 is 0 Å². The van der Waals surface area contributed by atoms with E-state index in [-0.39, 0.29) is 11.9 Å². The summed E-state index contributed by atoms with van der Waals surface area (Å²) in [6, 6.07) is 19.3. The second kappa shape index (κ2) is 7.90. The van der Waals surface area contributed by atoms with Crippen LogP contribution < -0.4 is 5.73 Å². The molecule has 4 rings (SSSR count). The lowest BCUT2D eigenvalue weighted by Gasteiger charge is -2.30. The number of aryl methyl sites for hydroxylation is 1. The number of nitriles is 1. The SMILES string of the molecule is Cc1ccc(-c2cc(C(=O)N3CCC[C@H](N)C3)nn2-c2ccc(C#N)cc2)cc1. The van der Waals surface area contributed by atoms with Gasteiger partial charge in [-0.05, 0) is 50.1 Å². The summed E-state index contributed by atoms with van der Waals surface area (Å²) in [5.41, 5.74) is 10.8. The summed E-state index contributed by atoms with van der Waals surface area (Å²) in [4.78, 5) is 14.9. The van der Waals surface area contributed by atoms with Gasteiger partial charge in [0, 0.05) is 24.7 Å². The third kappa shape index (κ3) is 3.91. The van der Waals surface area contributed by atoms with Crippen LogP contribution in [0, 0.1) is 18.3 Å². The van der Waals surface area contributed by atoms with Crippen molar-refractivity contribution in [3.8, 4) is 23.0 Å². The van der Waals surface area contributed by atoms with Crippen molar-refractivity contribution in [1.82, 2.24) is 14.7 Å². The predicted octanol–water partition coefficient (Wildman–Crippen LogP) is 3.28. The lowest BCUT2D eigenvalue weighted by atomic mass is 10.1. The number of hydrogen-bond donors (Lipinski definition) is 1. The normalized spacial score (nSPS) is 16.4. The van der Waals surface area contributed by atoms with Crippen molar-refractivity contribution in [1.29, 1.82) is 5.26 Å². The summed E-state index contributed by atoms with van der Waals surface area (Å²) in [6.07, 6.45) is 1.85. The highest BCUT2D eigenvalue weighted by Gasteiger charge is 2.25. The van der Waals surface area contributed by atoms with Crippen LogP contribution >= 0.6 is 0 Å². The number of likely N-dealkylation sites (tertiary alicyclic amines) is 1. The molecule has 0 spiro atoms. The molecule has 2 N–H and O–H groups in total. The monoisotopic (exact) mass is 385 g/mol. The molecule has 0 saturated carbocycles. The Bertz CT molecular complexity index is 1060. The zero-order chi connectivity index (χ0) is 20.4. The molecule has 1 fully saturated rings. The van der Waals surface area contributed by atoms with Crippen LogP contribution in [0.4, 0.5) is 0 Å². The maximum absolute atomic E-state index is 13.1. The van der Waals surface area contributed by atoms with Crippen molar-refractivity contribution in [3.63, 3.8) is 0 Å². The van der Waals surface area contributed by atoms with Crippen LogP contribution in [-0.4, -0.2) is 39.7 Å². The molecular formula is C23H23N5O. The Balaban J connectivity index is 1.76. The molecule has 1 saturated heterocycles. The number of rotatable bonds is 3. The summed E-state index contributed by atoms with van der Waals surface area (Å²) in [6.45, 7) is 3.30. The summed E-state index contributed by atoms with van der Waals surface area (Å²) in [5.74, 6) is -0.0964. The van der Waals surface area contributed by atoms with Crippen LogP contribution in [0.1, 0.15) is 34.5 Å². The van der Waals surface area contributed by atoms with Gasteiger partial charge in [0.15, 0.2) is 5.69 Å². The molecular weight excluding hydrogens is 362 g/mol. The lowest BCUT2D eigenvalue weighted by molar-refractivity contribution is 0.0702. The van der Waals surface area contributed by atoms with E-state index in [2.05, 4.69) is 11.2 Å². The quantitative estimate of drug-likeness (QED) is 0.749. The van der Waals surface area contributed by atoms with Gasteiger partial charge in [-0.3, -0.25) is 4.79 Å². The third-order valence-corrected chi connectivity index (χ3v) is 5.26. The van der Waals surface area contributed by atoms with Crippen LogP contribution in [0.2, 0.25) is 0 Å². The third-order valence-electron chi connectivity index (χ3n) is 5.26. The number of hydrogen-bond acceptors (Lipinski definition) is 4. The number of carbonyl (C=O) groups excluding carboxylic acids is 1. The summed E-state index contributed by atoms with van der Waals surface area (Å²) in [5, 5.41) is 13.7. The highest BCUT2D eigenvalue weighted by Crippen LogP contribution is 2.26. The standard InChI is InChI=1S/C23H23N5O/c1-16-4-8-18(9-5-16)22-13-21(23(29)27-12-2-3-19(25)15-27)26-28(22)20-10-6-17(14-24)7-11-20/h4-11,13,19H,2-3,12,15,25H2,1H3/t19-/m0/s1. The van der Waals surface area contributed by atoms with Gasteiger partial charge in [-0.25, -0.2) is 4.68 Å². The molecule has 0 unspecified atom stereocenters. The maximum atomic E-state index is 13.1. The molecule has 146 valence electrons. The lowest BCUT2D eigenvalue weighted by Crippen LogP contribution is -2.45. The smallest absolute Gasteiger partial charge is 0.274 e. The molecule has 1 aliphatic rings. The van der Waals surface area contributed by atoms with E-state index in [9.17, 15) is 4.79 Å². The van der Waals surface area contributed by atoms with E-state index < -0.39 is 0 Å². The first-order chi connectivity index (χ1) is 14.0. The summed E-state index contributed by atoms with van der Waals surface area (Å²) < 4.78 is 1.77. The van der Waals surface area contributed by atoms with Gasteiger partial charge < -0.3 is 10.6 Å². The van der Waals surface area contributed by atoms with Crippen LogP contribution in [0.15, 0.2) is 54.6 Å². The van der Waals surface area contributed by atoms with E-state index in [0.717, 1.165) is 35.3 Å². The Morgan fingerprint density at radius 3 is 2.55 bits per heavy atom. The number of piperidine rings is 1. The molecule has 2 heterocycles. The maximum Gasteiger partial charge on any atom is 0.274 e. The van der Waals surface area contributed by atoms with Gasteiger partial charge in [-0.2, -0.15) is 10.4 Å². The first kappa shape index (κ1) is 18.9. The summed E-state index contributed by atoms with van der Waals surface area (Å²) >= 11 is 0. The number of aromatic nitrogens is 2. The number of benzene rings is 2. The summed E-state index contributed by atoms with van der Waals surface area (Å²) in [7, 11) is 0. The van der Waals surface area contributed by atoms with E-state index in [4.69, 9.17) is 11.0 Å². The molecule has 1 aliphatic heterocycles. The van der Waals surface area contributed by atoms with Crippen molar-refractivity contribution in [3.05, 3.63) is 71.4 Å². The van der Waals surface area contributed by atoms with Gasteiger partial charge in [0.2, 0.25) is 0 Å². The minimum atomic E-state index is -0.0964. The van der Waals surface area contributed by atoms with Crippen molar-refractivity contribution < 1.29 is 4.79 Å². The second-order valence-corrected chi connectivity index (χ2v) is 7.50. The van der Waals surface area contributed by atoms with Crippen molar-refractivity contribution in [2.75, 3.05) is 13.1 Å². The fourth-order valence-electron chi connectivity index (χ4n) is 3.65. The van der Waals surface area contributed by atoms with Gasteiger partial charge in [-0.1, -0.05) is 29.8 Å². The first-order valence-corrected chi connectivity index (χ1v) is 9.77. The Morgan fingerprint density at radius 1 is 1.17 bits per heavy atom. The number of carbonyl (C=O) groups is 1. The van der Waals surface area contributed by atoms with E-state index >= 15 is 0 Å². The molecule has 2 aromatic carbocycles. The topological polar surface area (TPSA) is 87.9 Å². The Labute approximate surface area is 170 Å². The van der Waals surface area contributed by atoms with Gasteiger partial charge in [0.05, 0.1) is 23.0 Å². The van der Waals surface area contributed by atoms with Crippen molar-refractivity contribution >= 4 is 5.91 Å². The number of amides is 1. The van der Waals surface area contributed by atoms with Crippen LogP contribution in [0.3, 0.4) is 0 Å². The second-order valence-electron chi connectivity index (χ2n) is 7.50. The zero-order valence-electron chi connectivity index (χ0n) is 16.4. The van der Waals surface area contributed by atoms with Gasteiger partial charge in [0.1, 0.15) is 0 Å². The van der Waals surface area contributed by atoms with E-state index in [0.29, 0.717) is 24.3 Å². The molecule has 1 aromatic heterocycles. The van der Waals surface area contributed by atoms with E-state index in [1.807, 2.05) is 49.4 Å². The number of nitrogens with zero attached hydrogens (tertiary/aromatic N) is 4. The van der Waals surface area contributed by atoms with Crippen molar-refractivity contribution in [2.24, 2.45) is 5.73 Å². The first-order valence-electron chi connectivity index (χ1n) is 9.77. The van der Waals surface area contributed by atoms with E-state index in [1.165, 1.54) is 0 Å². The highest BCUT2D eigenvalue weighted by molar-refractivity contribution is 5.93. The number of nitrogens with two attached hydrogens (primary N) is 1. The largest absolute Gasteiger partial charge is 0.336 e. The Kier molecular flexibility index (Phi) is 5.15. The fraction of sp³-hybridized carbons (Fsp3) is 0.261. The minimum Gasteiger partial charge on any atom is -0.336 e.